The Labute approximate surface area is 80.3 Å². The van der Waals surface area contributed by atoms with Crippen LogP contribution in [0, 0.1) is 0 Å². The van der Waals surface area contributed by atoms with Crippen molar-refractivity contribution in [3.63, 3.8) is 0 Å². The predicted octanol–water partition coefficient (Wildman–Crippen LogP) is 2.02. The van der Waals surface area contributed by atoms with Crippen molar-refractivity contribution in [1.82, 2.24) is 9.55 Å². The number of hydrogen-bond acceptors (Lipinski definition) is 2. The second-order valence-electron chi connectivity index (χ2n) is 2.96. The van der Waals surface area contributed by atoms with E-state index in [0.717, 1.165) is 35.8 Å². The standard InChI is InChI=1S/C8H12BrN3/c1-2-6-7(9)12-5-3-4-10-8(12)11-6/h2-5H2,1H3,(H,10,11). The van der Waals surface area contributed by atoms with Crippen molar-refractivity contribution in [2.75, 3.05) is 11.9 Å². The van der Waals surface area contributed by atoms with Gasteiger partial charge in [0.05, 0.1) is 5.69 Å². The minimum Gasteiger partial charge on any atom is -0.356 e. The number of halogens is 1. The second-order valence-corrected chi connectivity index (χ2v) is 3.71. The Bertz CT molecular complexity index is 293. The van der Waals surface area contributed by atoms with Gasteiger partial charge in [0.1, 0.15) is 4.60 Å². The Hall–Kier alpha value is -0.510. The molecule has 0 bridgehead atoms. The number of rotatable bonds is 1. The molecule has 1 aromatic heterocycles. The molecule has 1 aliphatic heterocycles. The first-order valence-electron chi connectivity index (χ1n) is 4.31. The van der Waals surface area contributed by atoms with Gasteiger partial charge in [0, 0.05) is 13.1 Å². The monoisotopic (exact) mass is 229 g/mol. The molecule has 0 saturated heterocycles. The molecular weight excluding hydrogens is 218 g/mol. The van der Waals surface area contributed by atoms with Crippen LogP contribution < -0.4 is 5.32 Å². The van der Waals surface area contributed by atoms with Crippen LogP contribution in [0.25, 0.3) is 0 Å². The summed E-state index contributed by atoms with van der Waals surface area (Å²) in [5, 5.41) is 3.28. The van der Waals surface area contributed by atoms with E-state index in [4.69, 9.17) is 0 Å². The number of nitrogens with zero attached hydrogens (tertiary/aromatic N) is 2. The Morgan fingerprint density at radius 3 is 3.17 bits per heavy atom. The van der Waals surface area contributed by atoms with Gasteiger partial charge in [0.15, 0.2) is 0 Å². The number of anilines is 1. The lowest BCUT2D eigenvalue weighted by Gasteiger charge is -2.15. The third-order valence-electron chi connectivity index (χ3n) is 2.15. The molecule has 4 heteroatoms. The summed E-state index contributed by atoms with van der Waals surface area (Å²) >= 11 is 3.56. The van der Waals surface area contributed by atoms with Gasteiger partial charge in [-0.1, -0.05) is 6.92 Å². The van der Waals surface area contributed by atoms with Crippen LogP contribution in [0.5, 0.6) is 0 Å². The fourth-order valence-corrected chi connectivity index (χ4v) is 2.20. The van der Waals surface area contributed by atoms with E-state index in [0.29, 0.717) is 0 Å². The first kappa shape index (κ1) is 8.10. The number of fused-ring (bicyclic) bond motifs is 1. The number of aromatic nitrogens is 2. The molecule has 1 aliphatic rings. The van der Waals surface area contributed by atoms with Crippen LogP contribution in [0.3, 0.4) is 0 Å². The average molecular weight is 230 g/mol. The van der Waals surface area contributed by atoms with E-state index < -0.39 is 0 Å². The molecule has 2 rings (SSSR count). The Morgan fingerprint density at radius 2 is 2.50 bits per heavy atom. The minimum absolute atomic E-state index is 0.988. The van der Waals surface area contributed by atoms with Gasteiger partial charge in [-0.3, -0.25) is 0 Å². The molecular formula is C8H12BrN3. The fourth-order valence-electron chi connectivity index (χ4n) is 1.48. The zero-order chi connectivity index (χ0) is 8.55. The van der Waals surface area contributed by atoms with E-state index >= 15 is 0 Å². The van der Waals surface area contributed by atoms with E-state index in [9.17, 15) is 0 Å². The highest BCUT2D eigenvalue weighted by Crippen LogP contribution is 2.24. The largest absolute Gasteiger partial charge is 0.356 e. The van der Waals surface area contributed by atoms with Gasteiger partial charge in [-0.25, -0.2) is 4.98 Å². The first-order valence-corrected chi connectivity index (χ1v) is 5.11. The summed E-state index contributed by atoms with van der Waals surface area (Å²) in [6.45, 7) is 4.25. The Kier molecular flexibility index (Phi) is 2.09. The summed E-state index contributed by atoms with van der Waals surface area (Å²) in [6, 6.07) is 0. The molecule has 1 N–H and O–H groups in total. The normalized spacial score (nSPS) is 15.5. The molecule has 0 spiro atoms. The maximum Gasteiger partial charge on any atom is 0.203 e. The van der Waals surface area contributed by atoms with Gasteiger partial charge in [-0.15, -0.1) is 0 Å². The van der Waals surface area contributed by atoms with Crippen molar-refractivity contribution >= 4 is 21.9 Å². The van der Waals surface area contributed by atoms with Crippen LogP contribution in [0.2, 0.25) is 0 Å². The summed E-state index contributed by atoms with van der Waals surface area (Å²) in [5.41, 5.74) is 1.15. The average Bonchev–Trinajstić information content (AvgIpc) is 2.44. The molecule has 2 heterocycles. The summed E-state index contributed by atoms with van der Waals surface area (Å²) < 4.78 is 3.34. The molecule has 0 amide bonds. The SMILES string of the molecule is CCc1nc2n(c1Br)CCCN2. The van der Waals surface area contributed by atoms with E-state index in [2.05, 4.69) is 37.7 Å². The molecule has 0 atom stereocenters. The third kappa shape index (κ3) is 1.14. The quantitative estimate of drug-likeness (QED) is 0.799. The summed E-state index contributed by atoms with van der Waals surface area (Å²) in [5.74, 6) is 1.02. The van der Waals surface area contributed by atoms with Gasteiger partial charge >= 0.3 is 0 Å². The molecule has 1 aromatic rings. The smallest absolute Gasteiger partial charge is 0.203 e. The van der Waals surface area contributed by atoms with Gasteiger partial charge in [-0.2, -0.15) is 0 Å². The lowest BCUT2D eigenvalue weighted by molar-refractivity contribution is 0.617. The van der Waals surface area contributed by atoms with Crippen molar-refractivity contribution < 1.29 is 0 Å². The van der Waals surface area contributed by atoms with Crippen LogP contribution in [-0.2, 0) is 13.0 Å². The maximum absolute atomic E-state index is 4.47. The highest BCUT2D eigenvalue weighted by Gasteiger charge is 2.15. The van der Waals surface area contributed by atoms with Crippen molar-refractivity contribution in [2.24, 2.45) is 0 Å². The van der Waals surface area contributed by atoms with Crippen LogP contribution in [0.1, 0.15) is 19.0 Å². The number of aryl methyl sites for hydroxylation is 1. The zero-order valence-corrected chi connectivity index (χ0v) is 8.69. The molecule has 66 valence electrons. The lowest BCUT2D eigenvalue weighted by Crippen LogP contribution is -2.17. The lowest BCUT2D eigenvalue weighted by atomic mass is 10.3. The highest BCUT2D eigenvalue weighted by atomic mass is 79.9. The molecule has 0 unspecified atom stereocenters. The van der Waals surface area contributed by atoms with Gasteiger partial charge in [-0.05, 0) is 28.8 Å². The maximum atomic E-state index is 4.47. The van der Waals surface area contributed by atoms with Crippen LogP contribution in [0.15, 0.2) is 4.60 Å². The molecule has 0 saturated carbocycles. The highest BCUT2D eigenvalue weighted by molar-refractivity contribution is 9.10. The number of nitrogens with one attached hydrogen (secondary N) is 1. The molecule has 0 radical (unpaired) electrons. The van der Waals surface area contributed by atoms with Crippen LogP contribution in [0.4, 0.5) is 5.95 Å². The van der Waals surface area contributed by atoms with Gasteiger partial charge in [0.25, 0.3) is 0 Å². The zero-order valence-electron chi connectivity index (χ0n) is 7.10. The molecule has 0 aromatic carbocycles. The van der Waals surface area contributed by atoms with E-state index in [1.165, 1.54) is 6.42 Å². The molecule has 0 aliphatic carbocycles. The van der Waals surface area contributed by atoms with Gasteiger partial charge in [0.2, 0.25) is 5.95 Å². The molecule has 12 heavy (non-hydrogen) atoms. The first-order chi connectivity index (χ1) is 5.83. The number of hydrogen-bond donors (Lipinski definition) is 1. The van der Waals surface area contributed by atoms with Crippen LogP contribution >= 0.6 is 15.9 Å². The summed E-state index contributed by atoms with van der Waals surface area (Å²) in [6.07, 6.45) is 2.17. The fraction of sp³-hybridized carbons (Fsp3) is 0.625. The Morgan fingerprint density at radius 1 is 1.67 bits per heavy atom. The molecule has 3 nitrogen and oxygen atoms in total. The summed E-state index contributed by atoms with van der Waals surface area (Å²) in [4.78, 5) is 4.47. The second kappa shape index (κ2) is 3.09. The predicted molar refractivity (Wildman–Crippen MR) is 52.4 cm³/mol. The van der Waals surface area contributed by atoms with Crippen molar-refractivity contribution in [1.29, 1.82) is 0 Å². The summed E-state index contributed by atoms with van der Waals surface area (Å²) in [7, 11) is 0. The van der Waals surface area contributed by atoms with Crippen molar-refractivity contribution in [3.05, 3.63) is 10.3 Å². The van der Waals surface area contributed by atoms with E-state index in [1.54, 1.807) is 0 Å². The van der Waals surface area contributed by atoms with Crippen molar-refractivity contribution in [3.8, 4) is 0 Å². The van der Waals surface area contributed by atoms with Crippen molar-refractivity contribution in [2.45, 2.75) is 26.3 Å². The molecule has 0 fully saturated rings. The van der Waals surface area contributed by atoms with Crippen LogP contribution in [-0.4, -0.2) is 16.1 Å². The Balaban J connectivity index is 2.44. The minimum atomic E-state index is 0.988. The number of imidazole rings is 1. The van der Waals surface area contributed by atoms with Gasteiger partial charge < -0.3 is 9.88 Å². The van der Waals surface area contributed by atoms with E-state index in [-0.39, 0.29) is 0 Å². The van der Waals surface area contributed by atoms with E-state index in [1.807, 2.05) is 0 Å². The topological polar surface area (TPSA) is 29.9 Å². The third-order valence-corrected chi connectivity index (χ3v) is 3.03.